The van der Waals surface area contributed by atoms with Gasteiger partial charge in [-0.05, 0) is 73.8 Å². The van der Waals surface area contributed by atoms with Crippen molar-refractivity contribution in [3.63, 3.8) is 0 Å². The van der Waals surface area contributed by atoms with Crippen LogP contribution in [-0.4, -0.2) is 29.1 Å². The van der Waals surface area contributed by atoms with Gasteiger partial charge in [0.05, 0.1) is 0 Å². The summed E-state index contributed by atoms with van der Waals surface area (Å²) in [5.41, 5.74) is 0.888. The quantitative estimate of drug-likeness (QED) is 0.723. The van der Waals surface area contributed by atoms with Crippen molar-refractivity contribution in [2.75, 3.05) is 6.61 Å². The van der Waals surface area contributed by atoms with Crippen molar-refractivity contribution in [3.8, 4) is 0 Å². The normalized spacial score (nSPS) is 54.7. The van der Waals surface area contributed by atoms with Crippen LogP contribution in [0.15, 0.2) is 23.8 Å². The third-order valence-corrected chi connectivity index (χ3v) is 9.45. The minimum Gasteiger partial charge on any atom is -0.451 e. The second-order valence-corrected chi connectivity index (χ2v) is 10.2. The number of hydrogen-bond donors (Lipinski definition) is 1. The fourth-order valence-corrected chi connectivity index (χ4v) is 8.47. The highest BCUT2D eigenvalue weighted by molar-refractivity contribution is 5.91. The van der Waals surface area contributed by atoms with E-state index >= 15 is 0 Å². The van der Waals surface area contributed by atoms with E-state index in [1.165, 1.54) is 12.0 Å². The number of fused-ring (bicyclic) bond motifs is 9. The minimum atomic E-state index is -0.377. The molecular weight excluding hydrogens is 340 g/mol. The molecule has 0 radical (unpaired) electrons. The first-order chi connectivity index (χ1) is 13.0. The first kappa shape index (κ1) is 16.5. The Kier molecular flexibility index (Phi) is 3.14. The van der Waals surface area contributed by atoms with Crippen molar-refractivity contribution >= 4 is 11.8 Å². The smallest absolute Gasteiger partial charge is 0.331 e. The van der Waals surface area contributed by atoms with E-state index in [4.69, 9.17) is 4.74 Å². The second kappa shape index (κ2) is 5.14. The summed E-state index contributed by atoms with van der Waals surface area (Å²) >= 11 is 0. The molecule has 4 nitrogen and oxygen atoms in total. The van der Waals surface area contributed by atoms with E-state index < -0.39 is 0 Å². The van der Waals surface area contributed by atoms with Crippen molar-refractivity contribution in [2.24, 2.45) is 46.8 Å². The molecule has 1 heterocycles. The van der Waals surface area contributed by atoms with Gasteiger partial charge < -0.3 is 9.84 Å². The van der Waals surface area contributed by atoms with Crippen LogP contribution in [0, 0.1) is 46.8 Å². The lowest BCUT2D eigenvalue weighted by molar-refractivity contribution is -0.168. The van der Waals surface area contributed by atoms with Gasteiger partial charge in [0.1, 0.15) is 5.60 Å². The average molecular weight is 368 g/mol. The van der Waals surface area contributed by atoms with Gasteiger partial charge in [-0.2, -0.15) is 0 Å². The number of aliphatic hydroxyl groups excluding tert-OH is 1. The van der Waals surface area contributed by atoms with E-state index in [2.05, 4.69) is 13.0 Å². The van der Waals surface area contributed by atoms with Gasteiger partial charge in [-0.25, -0.2) is 4.79 Å². The van der Waals surface area contributed by atoms with Crippen LogP contribution in [0.4, 0.5) is 0 Å². The van der Waals surface area contributed by atoms with E-state index in [0.717, 1.165) is 25.7 Å². The lowest BCUT2D eigenvalue weighted by Gasteiger charge is -2.58. The first-order valence-electron chi connectivity index (χ1n) is 10.8. The summed E-state index contributed by atoms with van der Waals surface area (Å²) in [6, 6.07) is 0. The molecule has 6 rings (SSSR count). The summed E-state index contributed by atoms with van der Waals surface area (Å²) in [5.74, 6) is 3.61. The lowest BCUT2D eigenvalue weighted by Crippen LogP contribution is -2.55. The summed E-state index contributed by atoms with van der Waals surface area (Å²) in [5, 5.41) is 10.1. The molecule has 0 aromatic rings. The molecule has 0 bridgehead atoms. The van der Waals surface area contributed by atoms with Crippen molar-refractivity contribution < 1.29 is 19.4 Å². The molecule has 1 aliphatic heterocycles. The Bertz CT molecular complexity index is 796. The maximum absolute atomic E-state index is 12.0. The number of ether oxygens (including phenoxy) is 1. The molecule has 6 aliphatic rings. The maximum atomic E-state index is 12.0. The molecule has 3 unspecified atom stereocenters. The van der Waals surface area contributed by atoms with Crippen LogP contribution in [0.2, 0.25) is 0 Å². The van der Waals surface area contributed by atoms with Crippen LogP contribution in [0.3, 0.4) is 0 Å². The third kappa shape index (κ3) is 1.88. The molecule has 0 aromatic heterocycles. The lowest BCUT2D eigenvalue weighted by atomic mass is 9.48. The van der Waals surface area contributed by atoms with Gasteiger partial charge >= 0.3 is 5.97 Å². The predicted octanol–water partition coefficient (Wildman–Crippen LogP) is 3.05. The molecule has 4 heteroatoms. The monoisotopic (exact) mass is 368 g/mol. The number of esters is 1. The van der Waals surface area contributed by atoms with Crippen molar-refractivity contribution in [3.05, 3.63) is 23.8 Å². The van der Waals surface area contributed by atoms with E-state index in [1.807, 2.05) is 6.08 Å². The molecule has 144 valence electrons. The Balaban J connectivity index is 1.40. The molecular formula is C23H28O4. The number of carbonyl (C=O) groups is 2. The van der Waals surface area contributed by atoms with Crippen LogP contribution in [0.25, 0.3) is 0 Å². The highest BCUT2D eigenvalue weighted by Gasteiger charge is 2.78. The van der Waals surface area contributed by atoms with Gasteiger partial charge in [0.15, 0.2) is 5.78 Å². The van der Waals surface area contributed by atoms with E-state index in [0.29, 0.717) is 41.9 Å². The summed E-state index contributed by atoms with van der Waals surface area (Å²) < 4.78 is 6.03. The zero-order valence-corrected chi connectivity index (χ0v) is 15.9. The number of ketones is 1. The molecule has 1 N–H and O–H groups in total. The van der Waals surface area contributed by atoms with Crippen LogP contribution in [0.1, 0.15) is 45.4 Å². The minimum absolute atomic E-state index is 0.0239. The van der Waals surface area contributed by atoms with Gasteiger partial charge in [-0.3, -0.25) is 4.79 Å². The molecule has 4 saturated carbocycles. The van der Waals surface area contributed by atoms with Crippen LogP contribution in [-0.2, 0) is 14.3 Å². The Hall–Kier alpha value is -1.42. The average Bonchev–Trinajstić information content (AvgIpc) is 3.29. The number of carbonyl (C=O) groups excluding carboxylic acids is 2. The molecule has 9 atom stereocenters. The number of aliphatic hydroxyl groups is 1. The number of hydrogen-bond acceptors (Lipinski definition) is 4. The second-order valence-electron chi connectivity index (χ2n) is 10.2. The van der Waals surface area contributed by atoms with Crippen molar-refractivity contribution in [2.45, 2.75) is 51.0 Å². The van der Waals surface area contributed by atoms with Gasteiger partial charge in [-0.1, -0.05) is 12.5 Å². The van der Waals surface area contributed by atoms with Crippen LogP contribution < -0.4 is 0 Å². The number of rotatable bonds is 1. The molecule has 0 aromatic carbocycles. The zero-order valence-electron chi connectivity index (χ0n) is 15.9. The maximum Gasteiger partial charge on any atom is 0.331 e. The predicted molar refractivity (Wildman–Crippen MR) is 98.4 cm³/mol. The van der Waals surface area contributed by atoms with Crippen LogP contribution in [0.5, 0.6) is 0 Å². The Morgan fingerprint density at radius 3 is 2.78 bits per heavy atom. The van der Waals surface area contributed by atoms with Gasteiger partial charge in [0, 0.05) is 36.4 Å². The van der Waals surface area contributed by atoms with E-state index in [9.17, 15) is 14.7 Å². The highest BCUT2D eigenvalue weighted by Crippen LogP contribution is 2.77. The van der Waals surface area contributed by atoms with Gasteiger partial charge in [-0.15, -0.1) is 0 Å². The third-order valence-electron chi connectivity index (χ3n) is 9.45. The van der Waals surface area contributed by atoms with Crippen molar-refractivity contribution in [1.82, 2.24) is 0 Å². The SMILES string of the molecule is C[C@]12CCC3C(C[C@H](CO)C4=CC(=O)CC[C@@H]43)C1[C@@H]1C[C@@H]1[C@@]21C=CC(=O)O1. The molecule has 1 spiro atoms. The molecule has 0 amide bonds. The van der Waals surface area contributed by atoms with Crippen molar-refractivity contribution in [1.29, 1.82) is 0 Å². The van der Waals surface area contributed by atoms with Gasteiger partial charge in [0.2, 0.25) is 0 Å². The Morgan fingerprint density at radius 1 is 1.19 bits per heavy atom. The Morgan fingerprint density at radius 2 is 2.04 bits per heavy atom. The summed E-state index contributed by atoms with van der Waals surface area (Å²) in [4.78, 5) is 24.0. The Labute approximate surface area is 160 Å². The molecule has 4 fully saturated rings. The topological polar surface area (TPSA) is 63.6 Å². The molecule has 5 aliphatic carbocycles. The molecule has 0 saturated heterocycles. The van der Waals surface area contributed by atoms with E-state index in [1.54, 1.807) is 6.08 Å². The van der Waals surface area contributed by atoms with E-state index in [-0.39, 0.29) is 35.3 Å². The van der Waals surface area contributed by atoms with Gasteiger partial charge in [0.25, 0.3) is 0 Å². The fraction of sp³-hybridized carbons (Fsp3) is 0.739. The summed E-state index contributed by atoms with van der Waals surface area (Å²) in [6.45, 7) is 2.52. The zero-order chi connectivity index (χ0) is 18.6. The summed E-state index contributed by atoms with van der Waals surface area (Å²) in [6.07, 6.45) is 11.7. The first-order valence-corrected chi connectivity index (χ1v) is 10.8. The fourth-order valence-electron chi connectivity index (χ4n) is 8.47. The molecule has 27 heavy (non-hydrogen) atoms. The van der Waals surface area contributed by atoms with Crippen LogP contribution >= 0.6 is 0 Å². The highest BCUT2D eigenvalue weighted by atomic mass is 16.6. The standard InChI is InChI=1S/C23H28O4/c1-22-6-4-15-14-3-2-13(25)9-16(14)12(11-24)8-17(15)21(22)18-10-19(18)23(22)7-5-20(26)27-23/h5,7,9,12,14-15,17-19,21,24H,2-4,6,8,10-11H2,1H3/t12-,14-,15?,17?,18-,19+,21?,22+,23+/m1/s1. The largest absolute Gasteiger partial charge is 0.451 e. The summed E-state index contributed by atoms with van der Waals surface area (Å²) in [7, 11) is 0.